The molecule has 1 unspecified atom stereocenters. The molecule has 0 aliphatic carbocycles. The lowest BCUT2D eigenvalue weighted by Gasteiger charge is -2.35. The third kappa shape index (κ3) is 7.92. The minimum Gasteiger partial charge on any atom is -0.383 e. The molecule has 7 heteroatoms. The van der Waals surface area contributed by atoms with Gasteiger partial charge in [0.05, 0.1) is 13.2 Å². The number of methoxy groups -OCH3 is 1. The Bertz CT molecular complexity index is 503. The molecule has 0 radical (unpaired) electrons. The lowest BCUT2D eigenvalue weighted by atomic mass is 9.98. The van der Waals surface area contributed by atoms with Gasteiger partial charge in [0.1, 0.15) is 0 Å². The first-order valence-electron chi connectivity index (χ1n) is 8.51. The summed E-state index contributed by atoms with van der Waals surface area (Å²) < 4.78 is 4.95. The first-order valence-corrected chi connectivity index (χ1v) is 8.51. The van der Waals surface area contributed by atoms with Crippen molar-refractivity contribution < 1.29 is 9.53 Å². The summed E-state index contributed by atoms with van der Waals surface area (Å²) in [6.45, 7) is 6.62. The van der Waals surface area contributed by atoms with Crippen LogP contribution in [0.3, 0.4) is 0 Å². The molecule has 0 fully saturated rings. The highest BCUT2D eigenvalue weighted by molar-refractivity contribution is 5.85. The van der Waals surface area contributed by atoms with E-state index in [0.29, 0.717) is 32.3 Å². The first kappa shape index (κ1) is 24.1. The van der Waals surface area contributed by atoms with Crippen LogP contribution in [0.5, 0.6) is 0 Å². The van der Waals surface area contributed by atoms with Gasteiger partial charge in [-0.2, -0.15) is 0 Å². The van der Waals surface area contributed by atoms with Crippen molar-refractivity contribution in [1.29, 1.82) is 0 Å². The summed E-state index contributed by atoms with van der Waals surface area (Å²) in [4.78, 5) is 14.4. The monoisotopic (exact) mass is 391 g/mol. The Hall–Kier alpha value is -0.850. The molecule has 0 saturated carbocycles. The van der Waals surface area contributed by atoms with E-state index in [4.69, 9.17) is 4.74 Å². The molecule has 1 aliphatic rings. The van der Waals surface area contributed by atoms with E-state index in [-0.39, 0.29) is 30.7 Å². The van der Waals surface area contributed by atoms with Gasteiger partial charge in [0.25, 0.3) is 0 Å². The zero-order valence-corrected chi connectivity index (χ0v) is 16.8. The maximum atomic E-state index is 11.9. The number of halogens is 2. The van der Waals surface area contributed by atoms with E-state index in [1.54, 1.807) is 7.11 Å². The van der Waals surface area contributed by atoms with E-state index < -0.39 is 0 Å². The van der Waals surface area contributed by atoms with Crippen molar-refractivity contribution in [3.05, 3.63) is 35.4 Å². The van der Waals surface area contributed by atoms with Gasteiger partial charge in [-0.3, -0.25) is 9.69 Å². The molecule has 144 valence electrons. The molecule has 1 aliphatic heterocycles. The second kappa shape index (κ2) is 13.4. The third-order valence-electron chi connectivity index (χ3n) is 4.45. The Labute approximate surface area is 163 Å². The second-order valence-electron chi connectivity index (χ2n) is 6.02. The van der Waals surface area contributed by atoms with E-state index in [0.717, 1.165) is 25.9 Å². The lowest BCUT2D eigenvalue weighted by molar-refractivity contribution is -0.120. The van der Waals surface area contributed by atoms with E-state index in [1.807, 2.05) is 0 Å². The average molecular weight is 392 g/mol. The molecule has 25 heavy (non-hydrogen) atoms. The third-order valence-corrected chi connectivity index (χ3v) is 4.45. The number of ether oxygens (including phenoxy) is 1. The Morgan fingerprint density at radius 3 is 2.68 bits per heavy atom. The van der Waals surface area contributed by atoms with Crippen LogP contribution >= 0.6 is 24.8 Å². The zero-order chi connectivity index (χ0) is 16.5. The molecule has 0 saturated heterocycles. The molecular formula is C18H31Cl2N3O2. The molecule has 0 spiro atoms. The van der Waals surface area contributed by atoms with Gasteiger partial charge < -0.3 is 15.4 Å². The highest BCUT2D eigenvalue weighted by Crippen LogP contribution is 2.20. The van der Waals surface area contributed by atoms with E-state index >= 15 is 0 Å². The van der Waals surface area contributed by atoms with Gasteiger partial charge in [-0.05, 0) is 24.0 Å². The van der Waals surface area contributed by atoms with Crippen molar-refractivity contribution in [2.24, 2.45) is 0 Å². The lowest BCUT2D eigenvalue weighted by Crippen LogP contribution is -2.47. The van der Waals surface area contributed by atoms with Crippen LogP contribution in [0, 0.1) is 0 Å². The zero-order valence-electron chi connectivity index (χ0n) is 15.1. The summed E-state index contributed by atoms with van der Waals surface area (Å²) in [5, 5.41) is 6.12. The van der Waals surface area contributed by atoms with Crippen molar-refractivity contribution in [3.63, 3.8) is 0 Å². The number of nitrogens with one attached hydrogen (secondary N) is 2. The van der Waals surface area contributed by atoms with Crippen molar-refractivity contribution in [2.45, 2.75) is 32.4 Å². The molecule has 2 N–H and O–H groups in total. The summed E-state index contributed by atoms with van der Waals surface area (Å²) in [5.74, 6) is 0.0527. The number of nitrogens with zero attached hydrogens (tertiary/aromatic N) is 1. The summed E-state index contributed by atoms with van der Waals surface area (Å²) in [7, 11) is 1.66. The molecule has 1 atom stereocenters. The molecule has 0 aromatic heterocycles. The summed E-state index contributed by atoms with van der Waals surface area (Å²) in [6, 6.07) is 9.05. The van der Waals surface area contributed by atoms with Gasteiger partial charge in [-0.1, -0.05) is 31.2 Å². The van der Waals surface area contributed by atoms with Crippen LogP contribution in [-0.4, -0.2) is 56.7 Å². The number of carbonyl (C=O) groups is 1. The molecule has 1 aromatic carbocycles. The van der Waals surface area contributed by atoms with Crippen LogP contribution in [0.4, 0.5) is 0 Å². The maximum Gasteiger partial charge on any atom is 0.234 e. The molecule has 0 bridgehead atoms. The van der Waals surface area contributed by atoms with E-state index in [2.05, 4.69) is 46.7 Å². The minimum atomic E-state index is 0. The number of fused-ring (bicyclic) bond motifs is 1. The highest BCUT2D eigenvalue weighted by Gasteiger charge is 2.22. The van der Waals surface area contributed by atoms with Crippen molar-refractivity contribution in [3.8, 4) is 0 Å². The Balaban J connectivity index is 0.00000288. The van der Waals surface area contributed by atoms with Gasteiger partial charge in [-0.15, -0.1) is 24.8 Å². The van der Waals surface area contributed by atoms with Crippen LogP contribution in [0.1, 0.15) is 24.5 Å². The largest absolute Gasteiger partial charge is 0.383 e. The summed E-state index contributed by atoms with van der Waals surface area (Å²) in [5.41, 5.74) is 2.88. The Morgan fingerprint density at radius 1 is 1.28 bits per heavy atom. The number of hydrogen-bond acceptors (Lipinski definition) is 4. The summed E-state index contributed by atoms with van der Waals surface area (Å²) >= 11 is 0. The average Bonchev–Trinajstić information content (AvgIpc) is 2.59. The van der Waals surface area contributed by atoms with Crippen LogP contribution < -0.4 is 10.6 Å². The fourth-order valence-electron chi connectivity index (χ4n) is 3.03. The number of benzene rings is 1. The van der Waals surface area contributed by atoms with Crippen LogP contribution in [0.25, 0.3) is 0 Å². The topological polar surface area (TPSA) is 53.6 Å². The molecule has 2 rings (SSSR count). The van der Waals surface area contributed by atoms with Crippen LogP contribution in [-0.2, 0) is 22.5 Å². The molecule has 1 amide bonds. The SMILES string of the molecule is CCC(CNC(=O)CNCCOC)N1CCc2ccccc2C1.Cl.Cl. The smallest absolute Gasteiger partial charge is 0.234 e. The van der Waals surface area contributed by atoms with E-state index in [9.17, 15) is 4.79 Å². The van der Waals surface area contributed by atoms with Crippen LogP contribution in [0.2, 0.25) is 0 Å². The highest BCUT2D eigenvalue weighted by atomic mass is 35.5. The fraction of sp³-hybridized carbons (Fsp3) is 0.611. The Morgan fingerprint density at radius 2 is 2.00 bits per heavy atom. The van der Waals surface area contributed by atoms with Gasteiger partial charge in [-0.25, -0.2) is 0 Å². The molecular weight excluding hydrogens is 361 g/mol. The van der Waals surface area contributed by atoms with Crippen molar-refractivity contribution in [1.82, 2.24) is 15.5 Å². The second-order valence-corrected chi connectivity index (χ2v) is 6.02. The molecule has 1 heterocycles. The number of hydrogen-bond donors (Lipinski definition) is 2. The quantitative estimate of drug-likeness (QED) is 0.632. The standard InChI is InChI=1S/C18H29N3O2.2ClH/c1-3-17(12-20-18(22)13-19-9-11-23-2)21-10-8-15-6-4-5-7-16(15)14-21;;/h4-7,17,19H,3,8-14H2,1-2H3,(H,20,22);2*1H. The molecule has 1 aromatic rings. The number of amides is 1. The van der Waals surface area contributed by atoms with Crippen molar-refractivity contribution >= 4 is 30.7 Å². The fourth-order valence-corrected chi connectivity index (χ4v) is 3.03. The number of rotatable bonds is 9. The van der Waals surface area contributed by atoms with Gasteiger partial charge >= 0.3 is 0 Å². The van der Waals surface area contributed by atoms with Gasteiger partial charge in [0.15, 0.2) is 0 Å². The van der Waals surface area contributed by atoms with Gasteiger partial charge in [0, 0.05) is 39.3 Å². The predicted octanol–water partition coefficient (Wildman–Crippen LogP) is 2.02. The number of carbonyl (C=O) groups excluding carboxylic acids is 1. The first-order chi connectivity index (χ1) is 11.2. The Kier molecular flexibility index (Phi) is 12.9. The molecule has 5 nitrogen and oxygen atoms in total. The summed E-state index contributed by atoms with van der Waals surface area (Å²) in [6.07, 6.45) is 2.14. The van der Waals surface area contributed by atoms with E-state index in [1.165, 1.54) is 11.1 Å². The normalized spacial score (nSPS) is 14.6. The maximum absolute atomic E-state index is 11.9. The minimum absolute atomic E-state index is 0. The predicted molar refractivity (Wildman–Crippen MR) is 107 cm³/mol. The van der Waals surface area contributed by atoms with Crippen molar-refractivity contribution in [2.75, 3.05) is 39.9 Å². The van der Waals surface area contributed by atoms with Crippen LogP contribution in [0.15, 0.2) is 24.3 Å². The van der Waals surface area contributed by atoms with Gasteiger partial charge in [0.2, 0.25) is 5.91 Å².